The molecule has 4 nitrogen and oxygen atoms in total. The maximum Gasteiger partial charge on any atom is 0.121 e. The third kappa shape index (κ3) is 2.32. The predicted octanol–water partition coefficient (Wildman–Crippen LogP) is 5.72. The molecule has 0 amide bonds. The average Bonchev–Trinajstić information content (AvgIpc) is 3.28. The maximum absolute atomic E-state index is 9.93. The Bertz CT molecular complexity index is 1170. The van der Waals surface area contributed by atoms with Crippen molar-refractivity contribution >= 4 is 11.4 Å². The number of hydrogen-bond donors (Lipinski definition) is 2. The number of nitrogens with zero attached hydrogens (tertiary/aromatic N) is 1. The van der Waals surface area contributed by atoms with E-state index in [9.17, 15) is 5.11 Å². The first-order valence-corrected chi connectivity index (χ1v) is 11.1. The first kappa shape index (κ1) is 18.9. The van der Waals surface area contributed by atoms with E-state index in [1.54, 1.807) is 0 Å². The van der Waals surface area contributed by atoms with Crippen molar-refractivity contribution in [1.82, 2.24) is 0 Å². The van der Waals surface area contributed by atoms with Crippen molar-refractivity contribution in [2.45, 2.75) is 51.0 Å². The van der Waals surface area contributed by atoms with Gasteiger partial charge in [0.15, 0.2) is 0 Å². The summed E-state index contributed by atoms with van der Waals surface area (Å²) in [6.07, 6.45) is -0.0482. The lowest BCUT2D eigenvalue weighted by atomic mass is 9.63. The van der Waals surface area contributed by atoms with Crippen molar-refractivity contribution in [1.29, 1.82) is 0 Å². The minimum absolute atomic E-state index is 0.0136. The van der Waals surface area contributed by atoms with Crippen LogP contribution in [0.5, 0.6) is 0 Å². The van der Waals surface area contributed by atoms with Gasteiger partial charge in [-0.15, -0.1) is 0 Å². The van der Waals surface area contributed by atoms with Crippen LogP contribution in [0.1, 0.15) is 61.1 Å². The van der Waals surface area contributed by atoms with Crippen LogP contribution in [0.25, 0.3) is 0 Å². The normalized spacial score (nSPS) is 29.3. The number of hydroxylamine groups is 1. The van der Waals surface area contributed by atoms with Gasteiger partial charge in [0.2, 0.25) is 0 Å². The number of aliphatic hydroxyl groups excluding tert-OH is 1. The number of nitrogens with one attached hydrogen (secondary N) is 1. The van der Waals surface area contributed by atoms with Gasteiger partial charge in [-0.3, -0.25) is 4.84 Å². The topological polar surface area (TPSA) is 44.7 Å². The molecule has 1 saturated heterocycles. The number of benzene rings is 3. The Balaban J connectivity index is 1.57. The highest BCUT2D eigenvalue weighted by Gasteiger charge is 2.67. The van der Waals surface area contributed by atoms with Crippen LogP contribution in [0.4, 0.5) is 11.4 Å². The minimum atomic E-state index is -0.221. The largest absolute Gasteiger partial charge is 0.392 e. The lowest BCUT2D eigenvalue weighted by Crippen LogP contribution is -2.57. The molecule has 2 N–H and O–H groups in total. The average molecular weight is 413 g/mol. The second kappa shape index (κ2) is 6.35. The summed E-state index contributed by atoms with van der Waals surface area (Å²) in [5, 5.41) is 15.9. The van der Waals surface area contributed by atoms with Crippen LogP contribution in [-0.2, 0) is 11.4 Å². The van der Waals surface area contributed by atoms with Gasteiger partial charge in [-0.25, -0.2) is 5.06 Å². The summed E-state index contributed by atoms with van der Waals surface area (Å²) in [7, 11) is 0. The molecule has 3 aromatic rings. The fraction of sp³-hybridized carbons (Fsp3) is 0.333. The Labute approximate surface area is 183 Å². The molecular formula is C27H28N2O2. The van der Waals surface area contributed by atoms with E-state index < -0.39 is 0 Å². The smallest absolute Gasteiger partial charge is 0.121 e. The van der Waals surface area contributed by atoms with Gasteiger partial charge in [0.05, 0.1) is 23.9 Å². The Morgan fingerprint density at radius 2 is 1.52 bits per heavy atom. The number of rotatable bonds is 3. The predicted molar refractivity (Wildman–Crippen MR) is 123 cm³/mol. The SMILES string of the molecule is CC1(C)[C@H]2c3ccccc3[C@@H](Nc3ccccc3CO)[C@@]2(C)[C@@H]2ON1c1ccccc12. The van der Waals surface area contributed by atoms with Gasteiger partial charge in [-0.1, -0.05) is 67.6 Å². The van der Waals surface area contributed by atoms with E-state index in [4.69, 9.17) is 4.84 Å². The van der Waals surface area contributed by atoms with Crippen molar-refractivity contribution in [2.75, 3.05) is 10.4 Å². The van der Waals surface area contributed by atoms with Gasteiger partial charge >= 0.3 is 0 Å². The zero-order valence-electron chi connectivity index (χ0n) is 18.2. The zero-order valence-corrected chi connectivity index (χ0v) is 18.2. The van der Waals surface area contributed by atoms with Crippen LogP contribution < -0.4 is 10.4 Å². The van der Waals surface area contributed by atoms with Crippen molar-refractivity contribution in [3.63, 3.8) is 0 Å². The fourth-order valence-electron chi connectivity index (χ4n) is 6.63. The van der Waals surface area contributed by atoms with E-state index in [0.29, 0.717) is 0 Å². The molecule has 4 atom stereocenters. The highest BCUT2D eigenvalue weighted by Crippen LogP contribution is 2.71. The van der Waals surface area contributed by atoms with E-state index in [1.165, 1.54) is 22.4 Å². The van der Waals surface area contributed by atoms with E-state index in [0.717, 1.165) is 11.3 Å². The first-order chi connectivity index (χ1) is 15.0. The van der Waals surface area contributed by atoms with Crippen LogP contribution >= 0.6 is 0 Å². The van der Waals surface area contributed by atoms with Crippen LogP contribution in [0.3, 0.4) is 0 Å². The standard InChI is InChI=1S/C27H28N2O2/c1-26(2)23-18-11-5-6-12-19(18)24(28-21-14-8-4-10-17(21)16-30)27(23,3)25-20-13-7-9-15-22(20)29(26)31-25/h4-15,23-25,28,30H,16H2,1-3H3/t23-,24-,25-,27+/m1/s1. The molecule has 2 heterocycles. The Hall–Kier alpha value is -2.82. The van der Waals surface area contributed by atoms with Gasteiger partial charge in [0.1, 0.15) is 6.10 Å². The van der Waals surface area contributed by atoms with Gasteiger partial charge < -0.3 is 10.4 Å². The summed E-state index contributed by atoms with van der Waals surface area (Å²) in [4.78, 5) is 6.70. The lowest BCUT2D eigenvalue weighted by molar-refractivity contribution is -0.127. The number of anilines is 2. The van der Waals surface area contributed by atoms with Crippen molar-refractivity contribution in [3.05, 3.63) is 95.1 Å². The van der Waals surface area contributed by atoms with E-state index in [2.05, 4.69) is 85.7 Å². The Morgan fingerprint density at radius 1 is 0.871 bits per heavy atom. The van der Waals surface area contributed by atoms with Crippen molar-refractivity contribution < 1.29 is 9.94 Å². The van der Waals surface area contributed by atoms with Crippen LogP contribution in [0.15, 0.2) is 72.8 Å². The maximum atomic E-state index is 9.93. The molecule has 6 rings (SSSR count). The Morgan fingerprint density at radius 3 is 2.29 bits per heavy atom. The minimum Gasteiger partial charge on any atom is -0.392 e. The molecule has 31 heavy (non-hydrogen) atoms. The Kier molecular flexibility index (Phi) is 3.87. The molecule has 3 aromatic carbocycles. The van der Waals surface area contributed by atoms with E-state index in [-0.39, 0.29) is 35.6 Å². The second-order valence-electron chi connectivity index (χ2n) is 9.81. The molecule has 0 unspecified atom stereocenters. The molecule has 0 saturated carbocycles. The summed E-state index contributed by atoms with van der Waals surface area (Å²) in [5.74, 6) is 0.279. The lowest BCUT2D eigenvalue weighted by Gasteiger charge is -2.54. The van der Waals surface area contributed by atoms with Gasteiger partial charge in [-0.2, -0.15) is 0 Å². The van der Waals surface area contributed by atoms with Gasteiger partial charge in [0, 0.05) is 28.1 Å². The molecule has 2 bridgehead atoms. The quantitative estimate of drug-likeness (QED) is 0.577. The number of fused-ring (bicyclic) bond motifs is 9. The van der Waals surface area contributed by atoms with Crippen molar-refractivity contribution in [3.8, 4) is 0 Å². The first-order valence-electron chi connectivity index (χ1n) is 11.1. The van der Waals surface area contributed by atoms with Gasteiger partial charge in [-0.05, 0) is 37.1 Å². The van der Waals surface area contributed by atoms with Crippen LogP contribution in [-0.4, -0.2) is 10.6 Å². The molecular weight excluding hydrogens is 384 g/mol. The van der Waals surface area contributed by atoms with Gasteiger partial charge in [0.25, 0.3) is 0 Å². The van der Waals surface area contributed by atoms with Crippen LogP contribution in [0.2, 0.25) is 0 Å². The molecule has 0 aromatic heterocycles. The van der Waals surface area contributed by atoms with E-state index in [1.807, 2.05) is 18.2 Å². The second-order valence-corrected chi connectivity index (χ2v) is 9.81. The number of para-hydroxylation sites is 2. The third-order valence-electron chi connectivity index (χ3n) is 7.79. The molecule has 2 aliphatic heterocycles. The monoisotopic (exact) mass is 412 g/mol. The molecule has 1 aliphatic carbocycles. The molecule has 3 aliphatic rings. The fourth-order valence-corrected chi connectivity index (χ4v) is 6.63. The number of aliphatic hydroxyl groups is 1. The zero-order chi connectivity index (χ0) is 21.4. The summed E-state index contributed by atoms with van der Waals surface area (Å²) >= 11 is 0. The van der Waals surface area contributed by atoms with E-state index >= 15 is 0 Å². The molecule has 4 heteroatoms. The highest BCUT2D eigenvalue weighted by atomic mass is 16.7. The summed E-state index contributed by atoms with van der Waals surface area (Å²) < 4.78 is 0. The summed E-state index contributed by atoms with van der Waals surface area (Å²) in [5.41, 5.74) is 6.62. The molecule has 1 fully saturated rings. The van der Waals surface area contributed by atoms with Crippen molar-refractivity contribution in [2.24, 2.45) is 5.41 Å². The molecule has 0 spiro atoms. The summed E-state index contributed by atoms with van der Waals surface area (Å²) in [6, 6.07) is 25.5. The highest BCUT2D eigenvalue weighted by molar-refractivity contribution is 5.65. The van der Waals surface area contributed by atoms with Crippen LogP contribution in [0, 0.1) is 5.41 Å². The third-order valence-corrected chi connectivity index (χ3v) is 7.79. The summed E-state index contributed by atoms with van der Waals surface area (Å²) in [6.45, 7) is 6.99. The number of hydrogen-bond acceptors (Lipinski definition) is 4. The molecule has 0 radical (unpaired) electrons. The molecule has 158 valence electrons.